The SMILES string of the molecule is CN1CCN(C(=O)CNC(=O)OC(C)(C)C)CC1.CNC(=O)OC(C)(C)C. The quantitative estimate of drug-likeness (QED) is 0.742. The lowest BCUT2D eigenvalue weighted by Crippen LogP contribution is -2.50. The van der Waals surface area contributed by atoms with E-state index in [-0.39, 0.29) is 24.1 Å². The van der Waals surface area contributed by atoms with E-state index < -0.39 is 11.7 Å². The van der Waals surface area contributed by atoms with Crippen LogP contribution in [0.4, 0.5) is 9.59 Å². The highest BCUT2D eigenvalue weighted by molar-refractivity contribution is 5.82. The van der Waals surface area contributed by atoms with E-state index >= 15 is 0 Å². The number of hydrogen-bond donors (Lipinski definition) is 2. The Hall–Kier alpha value is -2.03. The summed E-state index contributed by atoms with van der Waals surface area (Å²) in [6.45, 7) is 14.0. The molecule has 9 nitrogen and oxygen atoms in total. The number of likely N-dealkylation sites (N-methyl/N-ethyl adjacent to an activating group) is 1. The van der Waals surface area contributed by atoms with Gasteiger partial charge in [0.15, 0.2) is 0 Å². The lowest BCUT2D eigenvalue weighted by molar-refractivity contribution is -0.131. The van der Waals surface area contributed by atoms with Gasteiger partial charge in [-0.3, -0.25) is 4.79 Å². The van der Waals surface area contributed by atoms with Crippen molar-refractivity contribution in [2.24, 2.45) is 0 Å². The van der Waals surface area contributed by atoms with Gasteiger partial charge in [0.05, 0.1) is 0 Å². The van der Waals surface area contributed by atoms with Gasteiger partial charge in [0.2, 0.25) is 5.91 Å². The molecule has 0 spiro atoms. The van der Waals surface area contributed by atoms with E-state index in [1.54, 1.807) is 25.7 Å². The number of piperazine rings is 1. The first-order valence-corrected chi connectivity index (χ1v) is 9.07. The Kier molecular flexibility index (Phi) is 10.1. The molecule has 0 aromatic heterocycles. The molecule has 1 saturated heterocycles. The summed E-state index contributed by atoms with van der Waals surface area (Å²) in [5.74, 6) is -0.0611. The molecule has 1 heterocycles. The van der Waals surface area contributed by atoms with Crippen molar-refractivity contribution in [1.82, 2.24) is 20.4 Å². The van der Waals surface area contributed by atoms with E-state index in [4.69, 9.17) is 9.47 Å². The zero-order valence-electron chi connectivity index (χ0n) is 18.0. The normalized spacial score (nSPS) is 15.2. The molecule has 2 N–H and O–H groups in total. The molecule has 0 radical (unpaired) electrons. The number of alkyl carbamates (subject to hydrolysis) is 2. The van der Waals surface area contributed by atoms with Crippen LogP contribution in [-0.2, 0) is 14.3 Å². The van der Waals surface area contributed by atoms with Crippen molar-refractivity contribution in [3.63, 3.8) is 0 Å². The maximum Gasteiger partial charge on any atom is 0.408 e. The highest BCUT2D eigenvalue weighted by Crippen LogP contribution is 2.07. The number of carbonyl (C=O) groups excluding carboxylic acids is 3. The third-order valence-electron chi connectivity index (χ3n) is 3.24. The molecule has 0 atom stereocenters. The van der Waals surface area contributed by atoms with E-state index in [2.05, 4.69) is 15.5 Å². The zero-order chi connectivity index (χ0) is 21.3. The van der Waals surface area contributed by atoms with Crippen molar-refractivity contribution < 1.29 is 23.9 Å². The summed E-state index contributed by atoms with van der Waals surface area (Å²) in [7, 11) is 3.56. The summed E-state index contributed by atoms with van der Waals surface area (Å²) >= 11 is 0. The fourth-order valence-electron chi connectivity index (χ4n) is 1.96. The predicted octanol–water partition coefficient (Wildman–Crippen LogP) is 1.43. The second kappa shape index (κ2) is 11.0. The molecule has 3 amide bonds. The highest BCUT2D eigenvalue weighted by Gasteiger charge is 2.21. The van der Waals surface area contributed by atoms with Crippen LogP contribution in [-0.4, -0.2) is 85.9 Å². The number of carbonyl (C=O) groups is 3. The Morgan fingerprint density at radius 2 is 1.30 bits per heavy atom. The zero-order valence-corrected chi connectivity index (χ0v) is 18.0. The number of ether oxygens (including phenoxy) is 2. The number of nitrogens with zero attached hydrogens (tertiary/aromatic N) is 2. The Balaban J connectivity index is 0.000000636. The Morgan fingerprint density at radius 1 is 0.852 bits per heavy atom. The molecule has 1 aliphatic heterocycles. The van der Waals surface area contributed by atoms with Crippen LogP contribution < -0.4 is 10.6 Å². The van der Waals surface area contributed by atoms with E-state index in [0.717, 1.165) is 13.1 Å². The molecular weight excluding hydrogens is 352 g/mol. The molecule has 0 aromatic carbocycles. The summed E-state index contributed by atoms with van der Waals surface area (Å²) in [6.07, 6.45) is -0.938. The van der Waals surface area contributed by atoms with Crippen LogP contribution in [0.2, 0.25) is 0 Å². The number of hydrogen-bond acceptors (Lipinski definition) is 6. The molecule has 0 saturated carbocycles. The van der Waals surface area contributed by atoms with Crippen molar-refractivity contribution in [3.8, 4) is 0 Å². The van der Waals surface area contributed by atoms with E-state index in [1.807, 2.05) is 27.8 Å². The third-order valence-corrected chi connectivity index (χ3v) is 3.24. The molecule has 0 unspecified atom stereocenters. The van der Waals surface area contributed by atoms with Crippen LogP contribution in [0.25, 0.3) is 0 Å². The first-order valence-electron chi connectivity index (χ1n) is 9.07. The average molecular weight is 389 g/mol. The maximum atomic E-state index is 11.8. The first kappa shape index (κ1) is 25.0. The fraction of sp³-hybridized carbons (Fsp3) is 0.833. The van der Waals surface area contributed by atoms with Crippen LogP contribution in [0.3, 0.4) is 0 Å². The number of nitrogens with one attached hydrogen (secondary N) is 2. The summed E-state index contributed by atoms with van der Waals surface area (Å²) in [6, 6.07) is 0. The second-order valence-electron chi connectivity index (χ2n) is 8.29. The van der Waals surface area contributed by atoms with E-state index in [1.165, 1.54) is 7.05 Å². The van der Waals surface area contributed by atoms with Gasteiger partial charge in [-0.05, 0) is 48.6 Å². The second-order valence-corrected chi connectivity index (χ2v) is 8.29. The molecule has 27 heavy (non-hydrogen) atoms. The predicted molar refractivity (Wildman–Crippen MR) is 104 cm³/mol. The van der Waals surface area contributed by atoms with Gasteiger partial charge in [-0.2, -0.15) is 0 Å². The van der Waals surface area contributed by atoms with Gasteiger partial charge in [-0.15, -0.1) is 0 Å². The minimum atomic E-state index is -0.551. The molecule has 1 aliphatic rings. The molecule has 9 heteroatoms. The third kappa shape index (κ3) is 13.8. The number of rotatable bonds is 2. The van der Waals surface area contributed by atoms with Crippen LogP contribution in [0.1, 0.15) is 41.5 Å². The van der Waals surface area contributed by atoms with Gasteiger partial charge >= 0.3 is 12.2 Å². The Morgan fingerprint density at radius 3 is 1.67 bits per heavy atom. The smallest absolute Gasteiger partial charge is 0.408 e. The molecule has 0 bridgehead atoms. The summed E-state index contributed by atoms with van der Waals surface area (Å²) < 4.78 is 9.90. The molecule has 1 rings (SSSR count). The van der Waals surface area contributed by atoms with Crippen LogP contribution in [0.15, 0.2) is 0 Å². The monoisotopic (exact) mass is 388 g/mol. The number of amides is 3. The van der Waals surface area contributed by atoms with Crippen molar-refractivity contribution in [3.05, 3.63) is 0 Å². The molecule has 0 aliphatic carbocycles. The van der Waals surface area contributed by atoms with Crippen LogP contribution in [0, 0.1) is 0 Å². The van der Waals surface area contributed by atoms with Crippen molar-refractivity contribution in [2.75, 3.05) is 46.8 Å². The van der Waals surface area contributed by atoms with Gasteiger partial charge in [0.25, 0.3) is 0 Å². The summed E-state index contributed by atoms with van der Waals surface area (Å²) in [5.41, 5.74) is -0.930. The topological polar surface area (TPSA) is 100 Å². The largest absolute Gasteiger partial charge is 0.444 e. The van der Waals surface area contributed by atoms with Crippen LogP contribution >= 0.6 is 0 Å². The van der Waals surface area contributed by atoms with Gasteiger partial charge in [0.1, 0.15) is 17.7 Å². The maximum absolute atomic E-state index is 11.8. The van der Waals surface area contributed by atoms with Crippen molar-refractivity contribution >= 4 is 18.1 Å². The minimum absolute atomic E-state index is 0.00136. The molecule has 158 valence electrons. The van der Waals surface area contributed by atoms with Gasteiger partial charge in [0, 0.05) is 33.2 Å². The van der Waals surface area contributed by atoms with E-state index in [9.17, 15) is 14.4 Å². The molecule has 0 aromatic rings. The van der Waals surface area contributed by atoms with Crippen molar-refractivity contribution in [2.45, 2.75) is 52.7 Å². The minimum Gasteiger partial charge on any atom is -0.444 e. The van der Waals surface area contributed by atoms with E-state index in [0.29, 0.717) is 13.1 Å². The summed E-state index contributed by atoms with van der Waals surface area (Å²) in [4.78, 5) is 37.6. The Bertz CT molecular complexity index is 489. The Labute approximate surface area is 162 Å². The van der Waals surface area contributed by atoms with Gasteiger partial charge < -0.3 is 29.9 Å². The van der Waals surface area contributed by atoms with Crippen molar-refractivity contribution in [1.29, 1.82) is 0 Å². The molecule has 1 fully saturated rings. The first-order chi connectivity index (χ1) is 12.2. The highest BCUT2D eigenvalue weighted by atomic mass is 16.6. The lowest BCUT2D eigenvalue weighted by Gasteiger charge is -2.32. The standard InChI is InChI=1S/C12H23N3O3.C6H13NO2/c1-12(2,3)18-11(17)13-9-10(16)15-7-5-14(4)6-8-15;1-6(2,3)9-5(8)7-4/h5-9H2,1-4H3,(H,13,17);1-4H3,(H,7,8). The van der Waals surface area contributed by atoms with Gasteiger partial charge in [-0.25, -0.2) is 9.59 Å². The fourth-order valence-corrected chi connectivity index (χ4v) is 1.96. The molecular formula is C18H36N4O5. The lowest BCUT2D eigenvalue weighted by atomic mass is 10.2. The van der Waals surface area contributed by atoms with Crippen LogP contribution in [0.5, 0.6) is 0 Å². The average Bonchev–Trinajstić information content (AvgIpc) is 2.50. The van der Waals surface area contributed by atoms with Gasteiger partial charge in [-0.1, -0.05) is 0 Å². The summed E-state index contributed by atoms with van der Waals surface area (Å²) in [5, 5.41) is 4.84.